The van der Waals surface area contributed by atoms with E-state index in [1.165, 1.54) is 0 Å². The largest absolute Gasteiger partial charge is 0.504 e. The fourth-order valence-corrected chi connectivity index (χ4v) is 5.80. The molecule has 0 unspecified atom stereocenters. The third-order valence-corrected chi connectivity index (χ3v) is 6.73. The van der Waals surface area contributed by atoms with Crippen molar-refractivity contribution in [3.8, 4) is 11.5 Å². The van der Waals surface area contributed by atoms with Gasteiger partial charge in [0, 0.05) is 31.1 Å². The first-order chi connectivity index (χ1) is 13.3. The molecular formula is C19H22N2O7. The summed E-state index contributed by atoms with van der Waals surface area (Å²) in [6, 6.07) is 3.52. The van der Waals surface area contributed by atoms with Gasteiger partial charge in [-0.3, -0.25) is 9.69 Å². The van der Waals surface area contributed by atoms with E-state index >= 15 is 0 Å². The predicted octanol–water partition coefficient (Wildman–Crippen LogP) is 0.954. The highest BCUT2D eigenvalue weighted by Gasteiger charge is 2.72. The van der Waals surface area contributed by atoms with Crippen LogP contribution in [0.1, 0.15) is 30.4 Å². The molecule has 2 bridgehead atoms. The summed E-state index contributed by atoms with van der Waals surface area (Å²) in [6.45, 7) is 5.36. The topological polar surface area (TPSA) is 133 Å². The quantitative estimate of drug-likeness (QED) is 0.386. The van der Waals surface area contributed by atoms with Crippen LogP contribution in [0.25, 0.3) is 0 Å². The number of carbonyl (C=O) groups is 1. The molecule has 1 spiro atoms. The van der Waals surface area contributed by atoms with E-state index in [0.717, 1.165) is 24.2 Å². The van der Waals surface area contributed by atoms with Gasteiger partial charge >= 0.3 is 0 Å². The van der Waals surface area contributed by atoms with Crippen molar-refractivity contribution >= 4 is 5.78 Å². The number of likely N-dealkylation sites (tertiary alicyclic amines) is 1. The molecule has 3 N–H and O–H groups in total. The summed E-state index contributed by atoms with van der Waals surface area (Å²) >= 11 is 0. The maximum Gasteiger partial charge on any atom is 0.291 e. The van der Waals surface area contributed by atoms with E-state index in [9.17, 15) is 15.0 Å². The van der Waals surface area contributed by atoms with Gasteiger partial charge in [0.2, 0.25) is 0 Å². The molecule has 9 heteroatoms. The second-order valence-electron chi connectivity index (χ2n) is 7.80. The number of hydrogen-bond donors (Lipinski definition) is 3. The lowest BCUT2D eigenvalue weighted by molar-refractivity contribution is -0.742. The molecule has 2 aliphatic carbocycles. The van der Waals surface area contributed by atoms with Crippen molar-refractivity contribution < 1.29 is 30.0 Å². The van der Waals surface area contributed by atoms with Crippen molar-refractivity contribution in [2.24, 2.45) is 0 Å². The number of ether oxygens (including phenoxy) is 1. The number of hydrogen-bond acceptors (Lipinski definition) is 7. The number of phenols is 1. The minimum atomic E-state index is -1.50. The van der Waals surface area contributed by atoms with E-state index in [1.807, 2.05) is 12.1 Å². The number of aromatic hydroxyl groups is 1. The number of phenolic OH excluding ortho intramolecular Hbond substituents is 1. The SMILES string of the molecule is C=CCN1CC[C@]23c4c5ccc(O)c4O[C@H]2C(=O)CC[C@@]3(O)[C@H]1C5.O=[N+]([O-])O. The molecule has 150 valence electrons. The van der Waals surface area contributed by atoms with Crippen LogP contribution >= 0.6 is 0 Å². The highest BCUT2D eigenvalue weighted by molar-refractivity contribution is 5.90. The Kier molecular flexibility index (Phi) is 4.13. The smallest absolute Gasteiger partial charge is 0.291 e. The maximum absolute atomic E-state index is 12.6. The first kappa shape index (κ1) is 18.7. The fourth-order valence-electron chi connectivity index (χ4n) is 5.80. The summed E-state index contributed by atoms with van der Waals surface area (Å²) in [6.07, 6.45) is 3.35. The molecule has 9 nitrogen and oxygen atoms in total. The molecular weight excluding hydrogens is 368 g/mol. The van der Waals surface area contributed by atoms with Crippen LogP contribution in [-0.2, 0) is 16.6 Å². The van der Waals surface area contributed by atoms with Gasteiger partial charge in [-0.15, -0.1) is 16.7 Å². The van der Waals surface area contributed by atoms with Gasteiger partial charge < -0.3 is 20.2 Å². The normalized spacial score (nSPS) is 34.5. The van der Waals surface area contributed by atoms with Gasteiger partial charge in [-0.1, -0.05) is 12.1 Å². The second-order valence-corrected chi connectivity index (χ2v) is 7.80. The summed E-state index contributed by atoms with van der Waals surface area (Å²) in [5.74, 6) is 0.528. The van der Waals surface area contributed by atoms with Gasteiger partial charge in [-0.05, 0) is 30.9 Å². The summed E-state index contributed by atoms with van der Waals surface area (Å²) in [5.41, 5.74) is 0.256. The van der Waals surface area contributed by atoms with Crippen LogP contribution < -0.4 is 4.74 Å². The van der Waals surface area contributed by atoms with Crippen molar-refractivity contribution in [2.75, 3.05) is 13.1 Å². The molecule has 4 aliphatic rings. The summed E-state index contributed by atoms with van der Waals surface area (Å²) < 4.78 is 5.98. The standard InChI is InChI=1S/C19H21NO4.HNO3/c1-2-8-20-9-7-18-15-11-3-4-12(21)16(15)24-17(18)13(22)5-6-19(18,23)14(20)10-11;2-1(3)4/h2-4,14,17,21,23H,1,5-10H2;(H,2,3,4)/t14-,17+,18+,19-;/m1./s1. The molecule has 1 saturated heterocycles. The number of nitrogens with zero attached hydrogens (tertiary/aromatic N) is 2. The number of Topliss-reactive ketones (excluding diaryl/α,β-unsaturated/α-hetero) is 1. The van der Waals surface area contributed by atoms with Crippen molar-refractivity contribution in [2.45, 2.75) is 48.8 Å². The lowest BCUT2D eigenvalue weighted by Crippen LogP contribution is -2.76. The van der Waals surface area contributed by atoms with Crippen molar-refractivity contribution in [1.29, 1.82) is 0 Å². The molecule has 4 atom stereocenters. The highest BCUT2D eigenvalue weighted by atomic mass is 16.9. The number of ketones is 1. The Bertz CT molecular complexity index is 868. The first-order valence-electron chi connectivity index (χ1n) is 9.21. The zero-order valence-corrected chi connectivity index (χ0v) is 15.2. The maximum atomic E-state index is 12.6. The van der Waals surface area contributed by atoms with E-state index in [4.69, 9.17) is 20.1 Å². The first-order valence-corrected chi connectivity index (χ1v) is 9.21. The molecule has 0 radical (unpaired) electrons. The molecule has 2 heterocycles. The monoisotopic (exact) mass is 390 g/mol. The number of carbonyl (C=O) groups excluding carboxylic acids is 1. The van der Waals surface area contributed by atoms with Gasteiger partial charge in [0.1, 0.15) is 0 Å². The summed E-state index contributed by atoms with van der Waals surface area (Å²) in [4.78, 5) is 23.3. The van der Waals surface area contributed by atoms with Crippen molar-refractivity contribution in [3.63, 3.8) is 0 Å². The van der Waals surface area contributed by atoms with Gasteiger partial charge in [-0.2, -0.15) is 0 Å². The summed E-state index contributed by atoms with van der Waals surface area (Å²) in [7, 11) is 0. The second kappa shape index (κ2) is 6.18. The number of piperidine rings is 1. The van der Waals surface area contributed by atoms with Crippen LogP contribution in [0.5, 0.6) is 11.5 Å². The Morgan fingerprint density at radius 3 is 2.82 bits per heavy atom. The van der Waals surface area contributed by atoms with E-state index in [-0.39, 0.29) is 17.6 Å². The average molecular weight is 390 g/mol. The number of benzene rings is 1. The Labute approximate surface area is 160 Å². The highest BCUT2D eigenvalue weighted by Crippen LogP contribution is 2.64. The lowest BCUT2D eigenvalue weighted by atomic mass is 9.49. The van der Waals surface area contributed by atoms with Crippen LogP contribution in [0.15, 0.2) is 24.8 Å². The summed E-state index contributed by atoms with van der Waals surface area (Å²) in [5, 5.41) is 35.7. The van der Waals surface area contributed by atoms with E-state index in [2.05, 4.69) is 11.5 Å². The minimum absolute atomic E-state index is 0.0408. The van der Waals surface area contributed by atoms with E-state index in [0.29, 0.717) is 31.4 Å². The Balaban J connectivity index is 0.000000442. The lowest BCUT2D eigenvalue weighted by Gasteiger charge is -2.62. The molecule has 1 saturated carbocycles. The molecule has 1 aromatic rings. The number of rotatable bonds is 2. The van der Waals surface area contributed by atoms with Crippen molar-refractivity contribution in [1.82, 2.24) is 4.90 Å². The Morgan fingerprint density at radius 1 is 1.43 bits per heavy atom. The third-order valence-electron chi connectivity index (χ3n) is 6.73. The fraction of sp³-hybridized carbons (Fsp3) is 0.526. The molecule has 2 fully saturated rings. The van der Waals surface area contributed by atoms with Crippen LogP contribution in [0.4, 0.5) is 0 Å². The van der Waals surface area contributed by atoms with Gasteiger partial charge in [-0.25, -0.2) is 0 Å². The molecule has 0 amide bonds. The van der Waals surface area contributed by atoms with Gasteiger partial charge in [0.05, 0.1) is 11.0 Å². The minimum Gasteiger partial charge on any atom is -0.504 e. The van der Waals surface area contributed by atoms with Crippen LogP contribution in [0, 0.1) is 10.1 Å². The van der Waals surface area contributed by atoms with Gasteiger partial charge in [0.25, 0.3) is 5.09 Å². The van der Waals surface area contributed by atoms with E-state index < -0.39 is 22.2 Å². The average Bonchev–Trinajstić information content (AvgIpc) is 2.98. The van der Waals surface area contributed by atoms with Crippen LogP contribution in [0.2, 0.25) is 0 Å². The van der Waals surface area contributed by atoms with Crippen molar-refractivity contribution in [3.05, 3.63) is 46.0 Å². The third kappa shape index (κ3) is 2.23. The van der Waals surface area contributed by atoms with Crippen LogP contribution in [-0.4, -0.2) is 62.0 Å². The van der Waals surface area contributed by atoms with Crippen LogP contribution in [0.3, 0.4) is 0 Å². The zero-order chi connectivity index (χ0) is 20.3. The Morgan fingerprint density at radius 2 is 2.14 bits per heavy atom. The molecule has 28 heavy (non-hydrogen) atoms. The Hall–Kier alpha value is -2.65. The van der Waals surface area contributed by atoms with Gasteiger partial charge in [0.15, 0.2) is 23.4 Å². The molecule has 1 aromatic carbocycles. The molecule has 2 aliphatic heterocycles. The van der Waals surface area contributed by atoms with E-state index in [1.54, 1.807) is 6.07 Å². The zero-order valence-electron chi connectivity index (χ0n) is 15.2. The predicted molar refractivity (Wildman–Crippen MR) is 96.1 cm³/mol. The molecule has 5 rings (SSSR count). The molecule has 0 aromatic heterocycles. The number of aliphatic hydroxyl groups is 1.